The topological polar surface area (TPSA) is 134 Å². The predicted molar refractivity (Wildman–Crippen MR) is 29.5 cm³/mol. The second kappa shape index (κ2) is 4.62. The highest BCUT2D eigenvalue weighted by molar-refractivity contribution is 5.84. The quantitative estimate of drug-likeness (QED) is 0.284. The third-order valence-corrected chi connectivity index (χ3v) is 0.962. The number of carbonyl (C=O) groups excluding carboxylic acids is 2. The molecule has 0 aromatic rings. The third-order valence-electron chi connectivity index (χ3n) is 0.962. The highest BCUT2D eigenvalue weighted by atomic mass is 17.1. The van der Waals surface area contributed by atoms with Gasteiger partial charge in [0.25, 0.3) is 0 Å². The van der Waals surface area contributed by atoms with Crippen molar-refractivity contribution in [3.05, 3.63) is 0 Å². The molecule has 0 rings (SSSR count). The van der Waals surface area contributed by atoms with E-state index in [9.17, 15) is 9.59 Å². The van der Waals surface area contributed by atoms with Crippen LogP contribution in [0, 0.1) is 0 Å². The fraction of sp³-hybridized carbons (Fsp3) is 0.500. The van der Waals surface area contributed by atoms with E-state index in [0.717, 1.165) is 0 Å². The summed E-state index contributed by atoms with van der Waals surface area (Å²) in [6.07, 6.45) is -4.62. The van der Waals surface area contributed by atoms with Crippen LogP contribution in [-0.2, 0) is 19.4 Å². The lowest BCUT2D eigenvalue weighted by molar-refractivity contribution is -0.258. The summed E-state index contributed by atoms with van der Waals surface area (Å²) in [5, 5.41) is 32.5. The van der Waals surface area contributed by atoms with Gasteiger partial charge < -0.3 is 10.2 Å². The lowest BCUT2D eigenvalue weighted by Gasteiger charge is -2.10. The van der Waals surface area contributed by atoms with E-state index in [2.05, 4.69) is 9.78 Å². The Morgan fingerprint density at radius 3 is 1.33 bits per heavy atom. The molecule has 0 radical (unpaired) electrons. The van der Waals surface area contributed by atoms with E-state index in [0.29, 0.717) is 0 Å². The molecule has 0 aliphatic heterocycles. The largest absolute Gasteiger partial charge is 0.378 e. The summed E-state index contributed by atoms with van der Waals surface area (Å²) >= 11 is 0. The second-order valence-corrected chi connectivity index (χ2v) is 1.71. The van der Waals surface area contributed by atoms with E-state index in [1.54, 1.807) is 0 Å². The maximum absolute atomic E-state index is 10.2. The summed E-state index contributed by atoms with van der Waals surface area (Å²) in [7, 11) is 0. The molecule has 8 heteroatoms. The zero-order valence-corrected chi connectivity index (χ0v) is 5.58. The van der Waals surface area contributed by atoms with Crippen LogP contribution in [0.5, 0.6) is 0 Å². The zero-order valence-electron chi connectivity index (χ0n) is 5.58. The van der Waals surface area contributed by atoms with Crippen LogP contribution in [-0.4, -0.2) is 44.9 Å². The van der Waals surface area contributed by atoms with Gasteiger partial charge in [0.15, 0.2) is 12.2 Å². The molecule has 0 saturated carbocycles. The summed E-state index contributed by atoms with van der Waals surface area (Å²) < 4.78 is 0. The standard InChI is InChI=1S/C4H6O8/c5-1(3(7)11-9)2(6)4(8)12-10/h1-2,5-6,9-10H/t1-,2+. The molecule has 0 aromatic carbocycles. The molecule has 0 aromatic heterocycles. The van der Waals surface area contributed by atoms with Gasteiger partial charge in [-0.15, -0.1) is 0 Å². The van der Waals surface area contributed by atoms with E-state index in [4.69, 9.17) is 20.7 Å². The number of hydrogen-bond acceptors (Lipinski definition) is 8. The van der Waals surface area contributed by atoms with Gasteiger partial charge in [-0.1, -0.05) is 0 Å². The summed E-state index contributed by atoms with van der Waals surface area (Å²) in [5.41, 5.74) is 0. The van der Waals surface area contributed by atoms with Crippen LogP contribution < -0.4 is 0 Å². The molecule has 0 aliphatic carbocycles. The molecule has 0 unspecified atom stereocenters. The first-order valence-electron chi connectivity index (χ1n) is 2.61. The second-order valence-electron chi connectivity index (χ2n) is 1.71. The van der Waals surface area contributed by atoms with Gasteiger partial charge in [-0.3, -0.25) is 9.78 Å². The molecule has 0 fully saturated rings. The fourth-order valence-corrected chi connectivity index (χ4v) is 0.366. The molecule has 0 amide bonds. The van der Waals surface area contributed by atoms with Crippen molar-refractivity contribution in [1.82, 2.24) is 0 Å². The Morgan fingerprint density at radius 2 is 1.17 bits per heavy atom. The van der Waals surface area contributed by atoms with Gasteiger partial charge >= 0.3 is 11.9 Å². The maximum atomic E-state index is 10.2. The Bertz CT molecular complexity index is 156. The first-order valence-corrected chi connectivity index (χ1v) is 2.61. The van der Waals surface area contributed by atoms with Crippen LogP contribution in [0.2, 0.25) is 0 Å². The van der Waals surface area contributed by atoms with Gasteiger partial charge in [0.05, 0.1) is 0 Å². The van der Waals surface area contributed by atoms with Crippen molar-refractivity contribution in [1.29, 1.82) is 0 Å². The van der Waals surface area contributed by atoms with Gasteiger partial charge in [-0.25, -0.2) is 9.59 Å². The maximum Gasteiger partial charge on any atom is 0.373 e. The molecule has 4 N–H and O–H groups in total. The van der Waals surface area contributed by atoms with Crippen molar-refractivity contribution in [3.63, 3.8) is 0 Å². The molecule has 0 saturated heterocycles. The van der Waals surface area contributed by atoms with Crippen LogP contribution in [0.25, 0.3) is 0 Å². The Kier molecular flexibility index (Phi) is 4.15. The first-order chi connectivity index (χ1) is 5.54. The van der Waals surface area contributed by atoms with Gasteiger partial charge in [-0.2, -0.15) is 10.5 Å². The number of hydrogen-bond donors (Lipinski definition) is 4. The molecule has 70 valence electrons. The molecular formula is C4H6O8. The van der Waals surface area contributed by atoms with Gasteiger partial charge in [0, 0.05) is 0 Å². The average molecular weight is 182 g/mol. The Labute approximate surface area is 65.4 Å². The number of carbonyl (C=O) groups is 2. The van der Waals surface area contributed by atoms with Crippen molar-refractivity contribution in [2.75, 3.05) is 0 Å². The minimum absolute atomic E-state index is 1.65. The van der Waals surface area contributed by atoms with Crippen LogP contribution in [0.1, 0.15) is 0 Å². The van der Waals surface area contributed by atoms with Crippen molar-refractivity contribution in [2.45, 2.75) is 12.2 Å². The summed E-state index contributed by atoms with van der Waals surface area (Å²) in [5.74, 6) is -3.29. The smallest absolute Gasteiger partial charge is 0.373 e. The van der Waals surface area contributed by atoms with Crippen LogP contribution >= 0.6 is 0 Å². The molecule has 0 bridgehead atoms. The Morgan fingerprint density at radius 1 is 0.917 bits per heavy atom. The molecular weight excluding hydrogens is 176 g/mol. The summed E-state index contributed by atoms with van der Waals surface area (Å²) in [4.78, 5) is 26.4. The minimum Gasteiger partial charge on any atom is -0.378 e. The van der Waals surface area contributed by atoms with Crippen molar-refractivity contribution in [3.8, 4) is 0 Å². The Balaban J connectivity index is 4.18. The van der Waals surface area contributed by atoms with Gasteiger partial charge in [-0.05, 0) is 0 Å². The summed E-state index contributed by atoms with van der Waals surface area (Å²) in [6.45, 7) is 0. The Hall–Kier alpha value is -1.22. The monoisotopic (exact) mass is 182 g/mol. The SMILES string of the molecule is O=C(OO)[C@@H](O)[C@@H](O)C(=O)OO. The lowest BCUT2D eigenvalue weighted by atomic mass is 10.2. The predicted octanol–water partition coefficient (Wildman–Crippen LogP) is -2.26. The van der Waals surface area contributed by atoms with Crippen LogP contribution in [0.3, 0.4) is 0 Å². The fourth-order valence-electron chi connectivity index (χ4n) is 0.366. The van der Waals surface area contributed by atoms with Crippen molar-refractivity contribution in [2.24, 2.45) is 0 Å². The number of aliphatic hydroxyl groups excluding tert-OH is 2. The molecule has 2 atom stereocenters. The molecule has 0 spiro atoms. The molecule has 0 aliphatic rings. The van der Waals surface area contributed by atoms with Crippen molar-refractivity contribution >= 4 is 11.9 Å². The van der Waals surface area contributed by atoms with E-state index >= 15 is 0 Å². The number of rotatable bonds is 3. The normalized spacial score (nSPS) is 14.7. The highest BCUT2D eigenvalue weighted by Crippen LogP contribution is 1.97. The molecule has 12 heavy (non-hydrogen) atoms. The van der Waals surface area contributed by atoms with Crippen LogP contribution in [0.4, 0.5) is 0 Å². The first kappa shape index (κ1) is 10.8. The van der Waals surface area contributed by atoms with Gasteiger partial charge in [0.2, 0.25) is 0 Å². The minimum atomic E-state index is -2.31. The van der Waals surface area contributed by atoms with Gasteiger partial charge in [0.1, 0.15) is 0 Å². The molecule has 8 nitrogen and oxygen atoms in total. The number of aliphatic hydroxyl groups is 2. The average Bonchev–Trinajstić information content (AvgIpc) is 2.12. The van der Waals surface area contributed by atoms with E-state index in [-0.39, 0.29) is 0 Å². The third kappa shape index (κ3) is 2.43. The van der Waals surface area contributed by atoms with E-state index in [1.807, 2.05) is 0 Å². The van der Waals surface area contributed by atoms with Crippen LogP contribution in [0.15, 0.2) is 0 Å². The zero-order chi connectivity index (χ0) is 9.72. The van der Waals surface area contributed by atoms with Crippen molar-refractivity contribution < 1.29 is 40.1 Å². The van der Waals surface area contributed by atoms with E-state index < -0.39 is 24.1 Å². The molecule has 0 heterocycles. The summed E-state index contributed by atoms with van der Waals surface area (Å²) in [6, 6.07) is 0. The van der Waals surface area contributed by atoms with E-state index in [1.165, 1.54) is 0 Å². The highest BCUT2D eigenvalue weighted by Gasteiger charge is 2.33. The lowest BCUT2D eigenvalue weighted by Crippen LogP contribution is -2.41.